The van der Waals surface area contributed by atoms with Crippen LogP contribution in [0.25, 0.3) is 20.8 Å². The highest BCUT2D eigenvalue weighted by atomic mass is 32.1. The highest BCUT2D eigenvalue weighted by Crippen LogP contribution is 2.32. The summed E-state index contributed by atoms with van der Waals surface area (Å²) in [5.41, 5.74) is 6.90. The number of fused-ring (bicyclic) bond motifs is 1. The predicted molar refractivity (Wildman–Crippen MR) is 146 cm³/mol. The molecule has 5 aromatic rings. The van der Waals surface area contributed by atoms with Crippen LogP contribution in [0.15, 0.2) is 91.0 Å². The van der Waals surface area contributed by atoms with E-state index in [2.05, 4.69) is 72.9 Å². The second kappa shape index (κ2) is 10.6. The minimum Gasteiger partial charge on any atom is -0.493 e. The topological polar surface area (TPSA) is 43.4 Å². The first kappa shape index (κ1) is 22.9. The SMILES string of the molecule is COc1cc(CNc2ccc(-c3nc4ccc(C)cc4s3)cc2)ccc1OCCc1ccccc1. The number of rotatable bonds is 9. The van der Waals surface area contributed by atoms with Crippen molar-refractivity contribution in [3.8, 4) is 22.1 Å². The second-order valence-electron chi connectivity index (χ2n) is 8.49. The van der Waals surface area contributed by atoms with Crippen molar-refractivity contribution in [2.75, 3.05) is 19.0 Å². The number of thiazole rings is 1. The van der Waals surface area contributed by atoms with Gasteiger partial charge in [-0.05, 0) is 72.1 Å². The van der Waals surface area contributed by atoms with Gasteiger partial charge in [-0.2, -0.15) is 0 Å². The first-order valence-corrected chi connectivity index (χ1v) is 12.5. The molecular formula is C30H28N2O2S. The first-order chi connectivity index (χ1) is 17.2. The summed E-state index contributed by atoms with van der Waals surface area (Å²) in [6.45, 7) is 3.42. The predicted octanol–water partition coefficient (Wildman–Crippen LogP) is 7.51. The Bertz CT molecular complexity index is 1410. The van der Waals surface area contributed by atoms with Gasteiger partial charge in [0, 0.05) is 24.2 Å². The molecule has 0 aliphatic rings. The number of hydrogen-bond donors (Lipinski definition) is 1. The fourth-order valence-electron chi connectivity index (χ4n) is 3.95. The number of anilines is 1. The maximum absolute atomic E-state index is 5.98. The molecule has 5 heteroatoms. The third-order valence-electron chi connectivity index (χ3n) is 5.89. The van der Waals surface area contributed by atoms with E-state index < -0.39 is 0 Å². The van der Waals surface area contributed by atoms with Gasteiger partial charge in [0.2, 0.25) is 0 Å². The fourth-order valence-corrected chi connectivity index (χ4v) is 5.02. The van der Waals surface area contributed by atoms with Crippen LogP contribution in [0.3, 0.4) is 0 Å². The molecule has 4 aromatic carbocycles. The minimum absolute atomic E-state index is 0.610. The zero-order chi connectivity index (χ0) is 24.0. The largest absolute Gasteiger partial charge is 0.493 e. The summed E-state index contributed by atoms with van der Waals surface area (Å²) >= 11 is 1.73. The molecule has 0 aliphatic carbocycles. The van der Waals surface area contributed by atoms with Crippen molar-refractivity contribution in [3.63, 3.8) is 0 Å². The maximum atomic E-state index is 5.98. The summed E-state index contributed by atoms with van der Waals surface area (Å²) in [4.78, 5) is 4.79. The highest BCUT2D eigenvalue weighted by molar-refractivity contribution is 7.21. The second-order valence-corrected chi connectivity index (χ2v) is 9.52. The summed E-state index contributed by atoms with van der Waals surface area (Å²) in [5.74, 6) is 1.52. The summed E-state index contributed by atoms with van der Waals surface area (Å²) in [5, 5.41) is 4.54. The van der Waals surface area contributed by atoms with Crippen LogP contribution in [0.2, 0.25) is 0 Å². The molecule has 1 aromatic heterocycles. The molecule has 5 rings (SSSR count). The fraction of sp³-hybridized carbons (Fsp3) is 0.167. The Hall–Kier alpha value is -3.83. The quantitative estimate of drug-likeness (QED) is 0.237. The van der Waals surface area contributed by atoms with Crippen LogP contribution >= 0.6 is 11.3 Å². The van der Waals surface area contributed by atoms with Crippen LogP contribution in [0.4, 0.5) is 5.69 Å². The van der Waals surface area contributed by atoms with E-state index in [0.717, 1.165) is 45.3 Å². The molecule has 0 atom stereocenters. The number of aromatic nitrogens is 1. The molecule has 1 heterocycles. The minimum atomic E-state index is 0.610. The van der Waals surface area contributed by atoms with E-state index in [4.69, 9.17) is 14.5 Å². The third-order valence-corrected chi connectivity index (χ3v) is 6.96. The maximum Gasteiger partial charge on any atom is 0.161 e. The molecule has 0 saturated carbocycles. The molecule has 176 valence electrons. The van der Waals surface area contributed by atoms with Crippen molar-refractivity contribution >= 4 is 27.2 Å². The molecule has 0 fully saturated rings. The van der Waals surface area contributed by atoms with Gasteiger partial charge in [-0.15, -0.1) is 11.3 Å². The highest BCUT2D eigenvalue weighted by Gasteiger charge is 2.08. The standard InChI is InChI=1S/C30H28N2O2S/c1-21-8-14-26-29(18-21)35-30(32-26)24-10-12-25(13-11-24)31-20-23-9-15-27(28(19-23)33-2)34-17-16-22-6-4-3-5-7-22/h3-15,18-19,31H,16-17,20H2,1-2H3. The molecule has 0 unspecified atom stereocenters. The summed E-state index contributed by atoms with van der Waals surface area (Å²) < 4.78 is 12.8. The first-order valence-electron chi connectivity index (χ1n) is 11.7. The van der Waals surface area contributed by atoms with Crippen molar-refractivity contribution in [2.24, 2.45) is 0 Å². The van der Waals surface area contributed by atoms with E-state index >= 15 is 0 Å². The summed E-state index contributed by atoms with van der Waals surface area (Å²) in [6, 6.07) is 31.3. The molecule has 1 N–H and O–H groups in total. The molecular weight excluding hydrogens is 452 g/mol. The Morgan fingerprint density at radius 3 is 2.46 bits per heavy atom. The molecule has 4 nitrogen and oxygen atoms in total. The normalized spacial score (nSPS) is 10.9. The number of benzene rings is 4. The third kappa shape index (κ3) is 5.64. The van der Waals surface area contributed by atoms with Crippen LogP contribution in [-0.2, 0) is 13.0 Å². The number of ether oxygens (including phenoxy) is 2. The van der Waals surface area contributed by atoms with Crippen molar-refractivity contribution < 1.29 is 9.47 Å². The van der Waals surface area contributed by atoms with Crippen LogP contribution < -0.4 is 14.8 Å². The lowest BCUT2D eigenvalue weighted by molar-refractivity contribution is 0.297. The van der Waals surface area contributed by atoms with Gasteiger partial charge >= 0.3 is 0 Å². The van der Waals surface area contributed by atoms with Crippen LogP contribution in [0.1, 0.15) is 16.7 Å². The summed E-state index contributed by atoms with van der Waals surface area (Å²) in [6.07, 6.45) is 0.861. The van der Waals surface area contributed by atoms with Gasteiger partial charge in [-0.1, -0.05) is 42.5 Å². The lowest BCUT2D eigenvalue weighted by Crippen LogP contribution is -2.04. The Balaban J connectivity index is 1.19. The van der Waals surface area contributed by atoms with E-state index in [-0.39, 0.29) is 0 Å². The van der Waals surface area contributed by atoms with Crippen LogP contribution in [0.5, 0.6) is 11.5 Å². The van der Waals surface area contributed by atoms with Crippen molar-refractivity contribution in [1.29, 1.82) is 0 Å². The smallest absolute Gasteiger partial charge is 0.161 e. The van der Waals surface area contributed by atoms with E-state index in [1.807, 2.05) is 30.3 Å². The molecule has 0 spiro atoms. The Labute approximate surface area is 210 Å². The van der Waals surface area contributed by atoms with Crippen molar-refractivity contribution in [3.05, 3.63) is 108 Å². The van der Waals surface area contributed by atoms with Gasteiger partial charge in [-0.3, -0.25) is 0 Å². The van der Waals surface area contributed by atoms with Gasteiger partial charge in [0.05, 0.1) is 23.9 Å². The molecule has 0 radical (unpaired) electrons. The van der Waals surface area contributed by atoms with Gasteiger partial charge in [0.1, 0.15) is 5.01 Å². The monoisotopic (exact) mass is 480 g/mol. The van der Waals surface area contributed by atoms with Gasteiger partial charge in [0.15, 0.2) is 11.5 Å². The van der Waals surface area contributed by atoms with Gasteiger partial charge in [0.25, 0.3) is 0 Å². The van der Waals surface area contributed by atoms with E-state index in [0.29, 0.717) is 13.2 Å². The number of nitrogens with one attached hydrogen (secondary N) is 1. The average molecular weight is 481 g/mol. The number of methoxy groups -OCH3 is 1. The zero-order valence-electron chi connectivity index (χ0n) is 20.0. The number of hydrogen-bond acceptors (Lipinski definition) is 5. The molecule has 35 heavy (non-hydrogen) atoms. The van der Waals surface area contributed by atoms with E-state index in [1.54, 1.807) is 18.4 Å². The summed E-state index contributed by atoms with van der Waals surface area (Å²) in [7, 11) is 1.68. The average Bonchev–Trinajstić information content (AvgIpc) is 3.32. The molecule has 0 amide bonds. The van der Waals surface area contributed by atoms with E-state index in [9.17, 15) is 0 Å². The number of nitrogens with zero attached hydrogens (tertiary/aromatic N) is 1. The molecule has 0 aliphatic heterocycles. The molecule has 0 saturated heterocycles. The zero-order valence-corrected chi connectivity index (χ0v) is 20.8. The van der Waals surface area contributed by atoms with Crippen molar-refractivity contribution in [2.45, 2.75) is 19.9 Å². The van der Waals surface area contributed by atoms with Gasteiger partial charge < -0.3 is 14.8 Å². The lowest BCUT2D eigenvalue weighted by Gasteiger charge is -2.13. The van der Waals surface area contributed by atoms with Gasteiger partial charge in [-0.25, -0.2) is 4.98 Å². The van der Waals surface area contributed by atoms with Crippen LogP contribution in [-0.4, -0.2) is 18.7 Å². The Kier molecular flexibility index (Phi) is 6.96. The number of aryl methyl sites for hydroxylation is 1. The van der Waals surface area contributed by atoms with Crippen LogP contribution in [0, 0.1) is 6.92 Å². The Morgan fingerprint density at radius 1 is 0.829 bits per heavy atom. The lowest BCUT2D eigenvalue weighted by atomic mass is 10.1. The Morgan fingerprint density at radius 2 is 1.66 bits per heavy atom. The molecule has 0 bridgehead atoms. The van der Waals surface area contributed by atoms with E-state index in [1.165, 1.54) is 15.8 Å². The van der Waals surface area contributed by atoms with Crippen molar-refractivity contribution in [1.82, 2.24) is 4.98 Å².